The molecule has 3 aliphatic rings. The number of hydrogen-bond donors (Lipinski definition) is 1. The molecule has 0 fully saturated rings. The molecule has 4 aromatic carbocycles. The number of allylic oxidation sites excluding steroid dienone is 2. The molecule has 7 rings (SSSR count). The number of aliphatic hydroxyl groups is 1. The first kappa shape index (κ1) is 26.0. The third kappa shape index (κ3) is 4.14. The lowest BCUT2D eigenvalue weighted by Gasteiger charge is -2.39. The quantitative estimate of drug-likeness (QED) is 0.287. The lowest BCUT2D eigenvalue weighted by Crippen LogP contribution is -2.34. The molecule has 0 unspecified atom stereocenters. The van der Waals surface area contributed by atoms with Crippen molar-refractivity contribution in [2.75, 3.05) is 19.0 Å². The molecule has 0 spiro atoms. The van der Waals surface area contributed by atoms with Gasteiger partial charge in [0.15, 0.2) is 0 Å². The van der Waals surface area contributed by atoms with E-state index >= 15 is 0 Å². The molecular weight excluding hydrogens is 518 g/mol. The van der Waals surface area contributed by atoms with Gasteiger partial charge in [-0.25, -0.2) is 0 Å². The molecule has 1 N–H and O–H groups in total. The van der Waals surface area contributed by atoms with Crippen molar-refractivity contribution in [3.05, 3.63) is 127 Å². The third-order valence-electron chi connectivity index (χ3n) is 8.58. The number of ether oxygens (including phenoxy) is 2. The number of rotatable bonds is 3. The molecule has 0 aromatic heterocycles. The van der Waals surface area contributed by atoms with E-state index in [1.54, 1.807) is 0 Å². The van der Waals surface area contributed by atoms with Crippen LogP contribution in [0.15, 0.2) is 89.7 Å². The molecule has 0 amide bonds. The average molecular weight is 552 g/mol. The van der Waals surface area contributed by atoms with Gasteiger partial charge in [0.2, 0.25) is 0 Å². The van der Waals surface area contributed by atoms with Crippen LogP contribution in [-0.2, 0) is 0 Å². The molecule has 0 radical (unpaired) electrons. The Labute approximate surface area is 245 Å². The highest BCUT2D eigenvalue weighted by Crippen LogP contribution is 2.51. The van der Waals surface area contributed by atoms with Crippen LogP contribution in [0, 0.1) is 5.41 Å². The molecule has 4 aromatic rings. The Balaban J connectivity index is 1.31. The lowest BCUT2D eigenvalue weighted by molar-refractivity contribution is 0.334. The predicted molar refractivity (Wildman–Crippen MR) is 172 cm³/mol. The molecule has 0 saturated heterocycles. The van der Waals surface area contributed by atoms with Crippen LogP contribution in [0.3, 0.4) is 0 Å². The van der Waals surface area contributed by atoms with Gasteiger partial charge in [0.05, 0.1) is 0 Å². The Kier molecular flexibility index (Phi) is 5.91. The summed E-state index contributed by atoms with van der Waals surface area (Å²) < 4.78 is 12.6. The number of fused-ring (bicyclic) bond motifs is 4. The van der Waals surface area contributed by atoms with Gasteiger partial charge in [-0.2, -0.15) is 0 Å². The number of benzene rings is 4. The predicted octanol–water partition coefficient (Wildman–Crippen LogP) is 6.14. The second-order valence-corrected chi connectivity index (χ2v) is 11.8. The minimum atomic E-state index is -0.344. The zero-order valence-electron chi connectivity index (χ0n) is 24.5. The number of hydrogen-bond acceptors (Lipinski definition) is 4. The van der Waals surface area contributed by atoms with E-state index < -0.39 is 0 Å². The number of anilines is 1. The first-order valence-corrected chi connectivity index (χ1v) is 14.3. The van der Waals surface area contributed by atoms with Crippen molar-refractivity contribution in [3.8, 4) is 23.0 Å². The van der Waals surface area contributed by atoms with Crippen LogP contribution < -0.4 is 35.2 Å². The van der Waals surface area contributed by atoms with Crippen LogP contribution in [0.5, 0.6) is 23.0 Å². The van der Waals surface area contributed by atoms with Gasteiger partial charge in [0.1, 0.15) is 28.8 Å². The van der Waals surface area contributed by atoms with E-state index in [0.29, 0.717) is 5.76 Å². The fourth-order valence-corrected chi connectivity index (χ4v) is 5.98. The van der Waals surface area contributed by atoms with E-state index in [1.165, 1.54) is 0 Å². The Morgan fingerprint density at radius 3 is 2.36 bits per heavy atom. The van der Waals surface area contributed by atoms with Crippen molar-refractivity contribution in [2.45, 2.75) is 20.8 Å². The van der Waals surface area contributed by atoms with Crippen molar-refractivity contribution in [3.63, 3.8) is 0 Å². The van der Waals surface area contributed by atoms with Gasteiger partial charge in [-0.15, -0.1) is 0 Å². The van der Waals surface area contributed by atoms with Gasteiger partial charge in [-0.05, 0) is 77.6 Å². The zero-order valence-corrected chi connectivity index (χ0v) is 24.5. The van der Waals surface area contributed by atoms with Crippen LogP contribution in [0.4, 0.5) is 5.69 Å². The SMILES string of the molecule is C/C=c1/ccc2c(c1)Oc1cccc(/C=C3C(O)=C(/C=c4\cccc5c4=Cc4ccc(N(C)C)cc4O5)C\3(C)C)c1C=2. The van der Waals surface area contributed by atoms with Crippen LogP contribution in [-0.4, -0.2) is 19.2 Å². The van der Waals surface area contributed by atoms with E-state index in [-0.39, 0.29) is 5.41 Å². The molecule has 4 nitrogen and oxygen atoms in total. The maximum Gasteiger partial charge on any atom is 0.136 e. The first-order chi connectivity index (χ1) is 20.2. The van der Waals surface area contributed by atoms with Gasteiger partial charge in [0, 0.05) is 64.0 Å². The smallest absolute Gasteiger partial charge is 0.136 e. The summed E-state index contributed by atoms with van der Waals surface area (Å²) >= 11 is 0. The maximum absolute atomic E-state index is 11.4. The molecule has 0 bridgehead atoms. The fraction of sp³-hybridized carbons (Fsp3) is 0.158. The molecule has 2 heterocycles. The topological polar surface area (TPSA) is 41.9 Å². The molecular formula is C38H33NO3. The summed E-state index contributed by atoms with van der Waals surface area (Å²) in [6.07, 6.45) is 10.6. The highest BCUT2D eigenvalue weighted by Gasteiger charge is 2.41. The monoisotopic (exact) mass is 551 g/mol. The van der Waals surface area contributed by atoms with Crippen molar-refractivity contribution in [1.29, 1.82) is 0 Å². The summed E-state index contributed by atoms with van der Waals surface area (Å²) in [5, 5.41) is 15.6. The molecule has 0 saturated carbocycles. The maximum atomic E-state index is 11.4. The fourth-order valence-electron chi connectivity index (χ4n) is 5.98. The summed E-state index contributed by atoms with van der Waals surface area (Å²) in [5.41, 5.74) is 5.64. The molecule has 208 valence electrons. The van der Waals surface area contributed by atoms with E-state index in [0.717, 1.165) is 77.4 Å². The lowest BCUT2D eigenvalue weighted by atomic mass is 9.65. The summed E-state index contributed by atoms with van der Waals surface area (Å²) in [4.78, 5) is 2.07. The normalized spacial score (nSPS) is 17.5. The minimum absolute atomic E-state index is 0.322. The molecule has 0 atom stereocenters. The summed E-state index contributed by atoms with van der Waals surface area (Å²) in [5.74, 6) is 3.67. The average Bonchev–Trinajstić information content (AvgIpc) is 2.99. The van der Waals surface area contributed by atoms with Crippen molar-refractivity contribution in [2.24, 2.45) is 5.41 Å². The molecule has 42 heavy (non-hydrogen) atoms. The van der Waals surface area contributed by atoms with Gasteiger partial charge in [0.25, 0.3) is 0 Å². The second-order valence-electron chi connectivity index (χ2n) is 11.8. The van der Waals surface area contributed by atoms with Gasteiger partial charge in [-0.3, -0.25) is 0 Å². The van der Waals surface area contributed by atoms with Crippen LogP contribution in [0.1, 0.15) is 37.5 Å². The zero-order chi connectivity index (χ0) is 29.2. The van der Waals surface area contributed by atoms with Gasteiger partial charge >= 0.3 is 0 Å². The van der Waals surface area contributed by atoms with Gasteiger partial charge < -0.3 is 19.5 Å². The third-order valence-corrected chi connectivity index (χ3v) is 8.58. The van der Waals surface area contributed by atoms with E-state index in [2.05, 4.69) is 97.7 Å². The van der Waals surface area contributed by atoms with Crippen molar-refractivity contribution in [1.82, 2.24) is 0 Å². The minimum Gasteiger partial charge on any atom is -0.507 e. The van der Waals surface area contributed by atoms with E-state index in [9.17, 15) is 5.11 Å². The number of aliphatic hydroxyl groups excluding tert-OH is 1. The highest BCUT2D eigenvalue weighted by atomic mass is 16.5. The molecule has 4 heteroatoms. The van der Waals surface area contributed by atoms with Crippen LogP contribution in [0.25, 0.3) is 30.4 Å². The van der Waals surface area contributed by atoms with Crippen molar-refractivity contribution >= 4 is 36.1 Å². The molecule has 2 aliphatic heterocycles. The Bertz CT molecular complexity index is 2110. The summed E-state index contributed by atoms with van der Waals surface area (Å²) in [6, 6.07) is 24.7. The van der Waals surface area contributed by atoms with E-state index in [1.807, 2.05) is 45.3 Å². The Hall–Kier alpha value is -4.96. The summed E-state index contributed by atoms with van der Waals surface area (Å²) in [6.45, 7) is 6.34. The largest absolute Gasteiger partial charge is 0.507 e. The molecule has 1 aliphatic carbocycles. The number of nitrogens with zero attached hydrogens (tertiary/aromatic N) is 1. The van der Waals surface area contributed by atoms with Crippen molar-refractivity contribution < 1.29 is 14.6 Å². The Morgan fingerprint density at radius 2 is 1.57 bits per heavy atom. The first-order valence-electron chi connectivity index (χ1n) is 14.3. The summed E-state index contributed by atoms with van der Waals surface area (Å²) in [7, 11) is 4.05. The second kappa shape index (κ2) is 9.56. The van der Waals surface area contributed by atoms with Crippen LogP contribution in [0.2, 0.25) is 0 Å². The van der Waals surface area contributed by atoms with E-state index in [4.69, 9.17) is 9.47 Å². The Morgan fingerprint density at radius 1 is 0.786 bits per heavy atom. The highest BCUT2D eigenvalue weighted by molar-refractivity contribution is 5.80. The van der Waals surface area contributed by atoms with Crippen LogP contribution >= 0.6 is 0 Å². The standard InChI is InChI=1S/C38H33NO3/c1-6-23-13-14-26-18-29-24(9-7-11-33(29)41-35(26)17-23)20-31-37(40)32(38(31,2)3)21-25-10-8-12-34-30(25)19-27-15-16-28(39(4)5)22-36(27)42-34/h6-22,40H,1-5H3/b23-6-,25-21+,31-20+. The van der Waals surface area contributed by atoms with Gasteiger partial charge in [-0.1, -0.05) is 56.3 Å².